The molecule has 0 aliphatic rings. The quantitative estimate of drug-likeness (QED) is 0.694. The number of carbonyl (C=O) groups excluding carboxylic acids is 2. The standard InChI is InChI=1S/C19H17ClFN5O2/c1-10-8-11(2)26(25-10)17-7-5-14(20)18(24-17)19(28)23-16-9-13(22-12(3)27)4-6-15(16)21/h4-9H,1-3H3,(H,22,27)(H,23,28). The molecule has 28 heavy (non-hydrogen) atoms. The molecule has 2 heterocycles. The van der Waals surface area contributed by atoms with Gasteiger partial charge in [-0.3, -0.25) is 9.59 Å². The van der Waals surface area contributed by atoms with Gasteiger partial charge in [-0.1, -0.05) is 11.6 Å². The summed E-state index contributed by atoms with van der Waals surface area (Å²) in [6.07, 6.45) is 0. The fourth-order valence-electron chi connectivity index (χ4n) is 2.65. The monoisotopic (exact) mass is 401 g/mol. The van der Waals surface area contributed by atoms with Gasteiger partial charge in [0.2, 0.25) is 5.91 Å². The molecule has 144 valence electrons. The Hall–Kier alpha value is -3.26. The van der Waals surface area contributed by atoms with Crippen LogP contribution in [0.15, 0.2) is 36.4 Å². The molecule has 2 N–H and O–H groups in total. The Kier molecular flexibility index (Phi) is 5.41. The maximum Gasteiger partial charge on any atom is 0.275 e. The first kappa shape index (κ1) is 19.5. The van der Waals surface area contributed by atoms with Crippen molar-refractivity contribution in [2.75, 3.05) is 10.6 Å². The van der Waals surface area contributed by atoms with Crippen molar-refractivity contribution >= 4 is 34.8 Å². The van der Waals surface area contributed by atoms with Gasteiger partial charge in [-0.05, 0) is 50.2 Å². The first-order chi connectivity index (χ1) is 13.2. The van der Waals surface area contributed by atoms with Gasteiger partial charge in [0.1, 0.15) is 11.5 Å². The van der Waals surface area contributed by atoms with Crippen LogP contribution < -0.4 is 10.6 Å². The topological polar surface area (TPSA) is 88.9 Å². The van der Waals surface area contributed by atoms with E-state index >= 15 is 0 Å². The molecule has 0 fully saturated rings. The van der Waals surface area contributed by atoms with E-state index in [1.165, 1.54) is 25.1 Å². The van der Waals surface area contributed by atoms with Crippen molar-refractivity contribution in [2.24, 2.45) is 0 Å². The predicted octanol–water partition coefficient (Wildman–Crippen LogP) is 3.89. The highest BCUT2D eigenvalue weighted by Gasteiger charge is 2.17. The van der Waals surface area contributed by atoms with Crippen molar-refractivity contribution < 1.29 is 14.0 Å². The highest BCUT2D eigenvalue weighted by atomic mass is 35.5. The fourth-order valence-corrected chi connectivity index (χ4v) is 2.84. The van der Waals surface area contributed by atoms with Crippen LogP contribution in [-0.2, 0) is 4.79 Å². The molecule has 9 heteroatoms. The van der Waals surface area contributed by atoms with Crippen LogP contribution in [0.1, 0.15) is 28.8 Å². The van der Waals surface area contributed by atoms with Crippen LogP contribution in [0.25, 0.3) is 5.82 Å². The molecule has 0 aliphatic carbocycles. The molecule has 0 spiro atoms. The zero-order valence-corrected chi connectivity index (χ0v) is 16.1. The number of aromatic nitrogens is 3. The minimum atomic E-state index is -0.688. The number of benzene rings is 1. The predicted molar refractivity (Wildman–Crippen MR) is 104 cm³/mol. The number of hydrogen-bond acceptors (Lipinski definition) is 4. The molecule has 0 atom stereocenters. The second kappa shape index (κ2) is 7.77. The molecular formula is C19H17ClFN5O2. The molecule has 0 radical (unpaired) electrons. The van der Waals surface area contributed by atoms with Crippen molar-refractivity contribution in [1.29, 1.82) is 0 Å². The van der Waals surface area contributed by atoms with E-state index in [-0.39, 0.29) is 22.3 Å². The van der Waals surface area contributed by atoms with E-state index < -0.39 is 11.7 Å². The van der Waals surface area contributed by atoms with Gasteiger partial charge in [0.05, 0.1) is 16.4 Å². The average molecular weight is 402 g/mol. The summed E-state index contributed by atoms with van der Waals surface area (Å²) in [7, 11) is 0. The van der Waals surface area contributed by atoms with Crippen molar-refractivity contribution in [2.45, 2.75) is 20.8 Å². The molecular weight excluding hydrogens is 385 g/mol. The zero-order chi connectivity index (χ0) is 20.4. The summed E-state index contributed by atoms with van der Waals surface area (Å²) in [5.41, 5.74) is 1.81. The Morgan fingerprint density at radius 2 is 1.86 bits per heavy atom. The lowest BCUT2D eigenvalue weighted by atomic mass is 10.2. The molecule has 0 unspecified atom stereocenters. The normalized spacial score (nSPS) is 10.6. The average Bonchev–Trinajstić information content (AvgIpc) is 2.96. The SMILES string of the molecule is CC(=O)Nc1ccc(F)c(NC(=O)c2nc(-n3nc(C)cc3C)ccc2Cl)c1. The summed E-state index contributed by atoms with van der Waals surface area (Å²) in [5.74, 6) is -1.25. The highest BCUT2D eigenvalue weighted by molar-refractivity contribution is 6.34. The van der Waals surface area contributed by atoms with Gasteiger partial charge in [0.25, 0.3) is 5.91 Å². The number of aryl methyl sites for hydroxylation is 2. The lowest BCUT2D eigenvalue weighted by molar-refractivity contribution is -0.114. The van der Waals surface area contributed by atoms with E-state index in [9.17, 15) is 14.0 Å². The molecule has 2 amide bonds. The number of pyridine rings is 1. The summed E-state index contributed by atoms with van der Waals surface area (Å²) in [4.78, 5) is 28.1. The van der Waals surface area contributed by atoms with Crippen LogP contribution in [0.4, 0.5) is 15.8 Å². The van der Waals surface area contributed by atoms with Crippen LogP contribution >= 0.6 is 11.6 Å². The Bertz CT molecular complexity index is 1080. The van der Waals surface area contributed by atoms with Gasteiger partial charge < -0.3 is 10.6 Å². The number of halogens is 2. The summed E-state index contributed by atoms with van der Waals surface area (Å²) < 4.78 is 15.7. The lowest BCUT2D eigenvalue weighted by Gasteiger charge is -2.11. The fraction of sp³-hybridized carbons (Fsp3) is 0.158. The summed E-state index contributed by atoms with van der Waals surface area (Å²) in [6, 6.07) is 8.88. The number of anilines is 2. The summed E-state index contributed by atoms with van der Waals surface area (Å²) >= 11 is 6.13. The Morgan fingerprint density at radius 1 is 1.11 bits per heavy atom. The van der Waals surface area contributed by atoms with E-state index in [0.717, 1.165) is 17.5 Å². The van der Waals surface area contributed by atoms with Gasteiger partial charge in [-0.15, -0.1) is 0 Å². The third-order valence-corrected chi connectivity index (χ3v) is 4.11. The Labute approximate surface area is 165 Å². The molecule has 3 rings (SSSR count). The van der Waals surface area contributed by atoms with Crippen LogP contribution in [0.2, 0.25) is 5.02 Å². The summed E-state index contributed by atoms with van der Waals surface area (Å²) in [5, 5.41) is 9.40. The van der Waals surface area contributed by atoms with Gasteiger partial charge in [0, 0.05) is 18.3 Å². The van der Waals surface area contributed by atoms with Crippen LogP contribution in [0, 0.1) is 19.7 Å². The van der Waals surface area contributed by atoms with Gasteiger partial charge >= 0.3 is 0 Å². The molecule has 7 nitrogen and oxygen atoms in total. The van der Waals surface area contributed by atoms with Crippen molar-refractivity contribution in [1.82, 2.24) is 14.8 Å². The van der Waals surface area contributed by atoms with E-state index in [1.54, 1.807) is 10.7 Å². The lowest BCUT2D eigenvalue weighted by Crippen LogP contribution is -2.17. The van der Waals surface area contributed by atoms with E-state index in [4.69, 9.17) is 11.6 Å². The maximum absolute atomic E-state index is 14.1. The van der Waals surface area contributed by atoms with Gasteiger partial charge in [-0.2, -0.15) is 5.10 Å². The largest absolute Gasteiger partial charge is 0.326 e. The Morgan fingerprint density at radius 3 is 2.50 bits per heavy atom. The van der Waals surface area contributed by atoms with Gasteiger partial charge in [0.15, 0.2) is 5.82 Å². The minimum absolute atomic E-state index is 0.0731. The zero-order valence-electron chi connectivity index (χ0n) is 15.4. The van der Waals surface area contributed by atoms with Crippen LogP contribution in [0.3, 0.4) is 0 Å². The molecule has 0 aliphatic heterocycles. The summed E-state index contributed by atoms with van der Waals surface area (Å²) in [6.45, 7) is 5.03. The molecule has 2 aromatic heterocycles. The number of rotatable bonds is 4. The first-order valence-electron chi connectivity index (χ1n) is 8.33. The molecule has 0 saturated heterocycles. The highest BCUT2D eigenvalue weighted by Crippen LogP contribution is 2.23. The number of amides is 2. The van der Waals surface area contributed by atoms with Crippen molar-refractivity contribution in [3.8, 4) is 5.82 Å². The van der Waals surface area contributed by atoms with Crippen LogP contribution in [-0.4, -0.2) is 26.6 Å². The van der Waals surface area contributed by atoms with Gasteiger partial charge in [-0.25, -0.2) is 14.1 Å². The molecule has 0 bridgehead atoms. The van der Waals surface area contributed by atoms with E-state index in [0.29, 0.717) is 11.5 Å². The maximum atomic E-state index is 14.1. The second-order valence-electron chi connectivity index (χ2n) is 6.17. The molecule has 3 aromatic rings. The minimum Gasteiger partial charge on any atom is -0.326 e. The number of hydrogen-bond donors (Lipinski definition) is 2. The Balaban J connectivity index is 1.92. The smallest absolute Gasteiger partial charge is 0.275 e. The van der Waals surface area contributed by atoms with Crippen molar-refractivity contribution in [3.63, 3.8) is 0 Å². The number of nitrogens with one attached hydrogen (secondary N) is 2. The number of carbonyl (C=O) groups is 2. The first-order valence-corrected chi connectivity index (χ1v) is 8.71. The molecule has 0 saturated carbocycles. The molecule has 1 aromatic carbocycles. The van der Waals surface area contributed by atoms with E-state index in [1.807, 2.05) is 19.9 Å². The second-order valence-corrected chi connectivity index (χ2v) is 6.58. The van der Waals surface area contributed by atoms with Crippen LogP contribution in [0.5, 0.6) is 0 Å². The third-order valence-electron chi connectivity index (χ3n) is 3.81. The number of nitrogens with zero attached hydrogens (tertiary/aromatic N) is 3. The van der Waals surface area contributed by atoms with E-state index in [2.05, 4.69) is 20.7 Å². The van der Waals surface area contributed by atoms with Crippen molar-refractivity contribution in [3.05, 3.63) is 64.3 Å². The third kappa shape index (κ3) is 4.17.